The van der Waals surface area contributed by atoms with Crippen LogP contribution >= 0.6 is 0 Å². The molecule has 1 unspecified atom stereocenters. The third-order valence-electron chi connectivity index (χ3n) is 5.88. The van der Waals surface area contributed by atoms with Crippen molar-refractivity contribution in [2.75, 3.05) is 26.4 Å². The topological polar surface area (TPSA) is 57.3 Å². The van der Waals surface area contributed by atoms with Crippen molar-refractivity contribution in [2.45, 2.75) is 64.4 Å². The van der Waals surface area contributed by atoms with Gasteiger partial charge >= 0.3 is 5.97 Å². The molecule has 36 heavy (non-hydrogen) atoms. The molecule has 0 saturated carbocycles. The average Bonchev–Trinajstić information content (AvgIpc) is 3.68. The molecular weight excluding hydrogens is 466 g/mol. The van der Waals surface area contributed by atoms with Crippen LogP contribution in [0.2, 0.25) is 0 Å². The summed E-state index contributed by atoms with van der Waals surface area (Å²) in [6, 6.07) is 8.89. The number of hydrogen-bond acceptors (Lipinski definition) is 5. The molecule has 1 fully saturated rings. The smallest absolute Gasteiger partial charge is 0.338 e. The summed E-state index contributed by atoms with van der Waals surface area (Å²) < 4.78 is 50.3. The first-order valence-corrected chi connectivity index (χ1v) is 12.7. The highest BCUT2D eigenvalue weighted by molar-refractivity contribution is 5.88. The van der Waals surface area contributed by atoms with Crippen LogP contribution in [0.25, 0.3) is 11.1 Å². The van der Waals surface area contributed by atoms with Crippen molar-refractivity contribution >= 4 is 5.97 Å². The Morgan fingerprint density at radius 1 is 0.917 bits per heavy atom. The van der Waals surface area contributed by atoms with Crippen LogP contribution in [0, 0.1) is 11.6 Å². The second kappa shape index (κ2) is 14.7. The monoisotopic (exact) mass is 502 g/mol. The van der Waals surface area contributed by atoms with E-state index in [1.54, 1.807) is 31.2 Å². The van der Waals surface area contributed by atoms with Crippen molar-refractivity contribution < 1.29 is 32.5 Å². The maximum atomic E-state index is 14.5. The van der Waals surface area contributed by atoms with Gasteiger partial charge in [-0.1, -0.05) is 57.2 Å². The number of epoxide rings is 1. The molecule has 196 valence electrons. The van der Waals surface area contributed by atoms with Crippen LogP contribution in [0.5, 0.6) is 11.5 Å². The maximum Gasteiger partial charge on any atom is 0.338 e. The number of unbranched alkanes of at least 4 members (excludes halogenated alkanes) is 7. The van der Waals surface area contributed by atoms with E-state index < -0.39 is 17.6 Å². The molecule has 0 spiro atoms. The van der Waals surface area contributed by atoms with Crippen LogP contribution < -0.4 is 9.47 Å². The summed E-state index contributed by atoms with van der Waals surface area (Å²) in [5, 5.41) is 0. The Kier molecular flexibility index (Phi) is 11.4. The fourth-order valence-corrected chi connectivity index (χ4v) is 3.69. The van der Waals surface area contributed by atoms with Crippen LogP contribution in [0.4, 0.5) is 8.78 Å². The van der Waals surface area contributed by atoms with Gasteiger partial charge < -0.3 is 18.9 Å². The van der Waals surface area contributed by atoms with Crippen LogP contribution in [-0.4, -0.2) is 38.5 Å². The molecular formula is C29H36F2O5. The number of rotatable bonds is 17. The molecule has 0 aliphatic carbocycles. The predicted molar refractivity (Wildman–Crippen MR) is 135 cm³/mol. The number of carbonyl (C=O) groups excluding carboxylic acids is 1. The van der Waals surface area contributed by atoms with E-state index in [1.807, 2.05) is 0 Å². The highest BCUT2D eigenvalue weighted by atomic mass is 19.1. The first-order chi connectivity index (χ1) is 17.4. The lowest BCUT2D eigenvalue weighted by molar-refractivity contribution is -0.130. The zero-order valence-corrected chi connectivity index (χ0v) is 21.0. The van der Waals surface area contributed by atoms with E-state index >= 15 is 0 Å². The predicted octanol–water partition coefficient (Wildman–Crippen LogP) is 7.03. The zero-order chi connectivity index (χ0) is 25.8. The van der Waals surface area contributed by atoms with E-state index in [0.717, 1.165) is 51.9 Å². The molecule has 0 aromatic heterocycles. The quantitative estimate of drug-likeness (QED) is 0.0764. The second-order valence-corrected chi connectivity index (χ2v) is 9.17. The Morgan fingerprint density at radius 2 is 1.47 bits per heavy atom. The lowest BCUT2D eigenvalue weighted by atomic mass is 10.0. The van der Waals surface area contributed by atoms with Gasteiger partial charge in [0.15, 0.2) is 17.4 Å². The third-order valence-corrected chi connectivity index (χ3v) is 5.88. The molecule has 0 amide bonds. The number of esters is 1. The summed E-state index contributed by atoms with van der Waals surface area (Å²) in [4.78, 5) is 11.6. The summed E-state index contributed by atoms with van der Waals surface area (Å²) >= 11 is 0. The van der Waals surface area contributed by atoms with Crippen molar-refractivity contribution in [3.8, 4) is 22.6 Å². The van der Waals surface area contributed by atoms with E-state index in [9.17, 15) is 13.6 Å². The van der Waals surface area contributed by atoms with Crippen molar-refractivity contribution in [3.05, 3.63) is 60.2 Å². The Balaban J connectivity index is 1.31. The minimum Gasteiger partial charge on any atom is -0.488 e. The molecule has 2 aromatic rings. The van der Waals surface area contributed by atoms with E-state index in [1.165, 1.54) is 31.4 Å². The van der Waals surface area contributed by atoms with Crippen LogP contribution in [0.3, 0.4) is 0 Å². The first-order valence-electron chi connectivity index (χ1n) is 12.7. The highest BCUT2D eigenvalue weighted by Crippen LogP contribution is 2.30. The molecule has 2 aromatic carbocycles. The lowest BCUT2D eigenvalue weighted by Gasteiger charge is -2.11. The van der Waals surface area contributed by atoms with E-state index in [-0.39, 0.29) is 17.9 Å². The van der Waals surface area contributed by atoms with Gasteiger partial charge in [0.25, 0.3) is 0 Å². The highest BCUT2D eigenvalue weighted by Gasteiger charge is 2.21. The normalized spacial score (nSPS) is 14.5. The molecule has 1 saturated heterocycles. The molecule has 1 heterocycles. The van der Waals surface area contributed by atoms with Crippen molar-refractivity contribution in [2.24, 2.45) is 0 Å². The fourth-order valence-electron chi connectivity index (χ4n) is 3.69. The molecule has 1 atom stereocenters. The molecule has 1 aliphatic heterocycles. The molecule has 3 rings (SSSR count). The third kappa shape index (κ3) is 9.70. The van der Waals surface area contributed by atoms with Gasteiger partial charge in [-0.2, -0.15) is 0 Å². The van der Waals surface area contributed by atoms with E-state index in [0.29, 0.717) is 23.0 Å². The summed E-state index contributed by atoms with van der Waals surface area (Å²) in [5.41, 5.74) is 1.25. The number of carbonyl (C=O) groups is 1. The molecule has 1 aliphatic rings. The number of halogens is 2. The summed E-state index contributed by atoms with van der Waals surface area (Å²) in [7, 11) is 0. The summed E-state index contributed by atoms with van der Waals surface area (Å²) in [6.07, 6.45) is 8.95. The maximum absolute atomic E-state index is 14.5. The Morgan fingerprint density at radius 3 is 2.03 bits per heavy atom. The largest absolute Gasteiger partial charge is 0.488 e. The van der Waals surface area contributed by atoms with Gasteiger partial charge in [-0.3, -0.25) is 0 Å². The van der Waals surface area contributed by atoms with E-state index in [2.05, 4.69) is 6.58 Å². The number of hydrogen-bond donors (Lipinski definition) is 0. The van der Waals surface area contributed by atoms with Gasteiger partial charge in [0.2, 0.25) is 0 Å². The van der Waals surface area contributed by atoms with Crippen LogP contribution in [0.1, 0.15) is 58.3 Å². The standard InChI is InChI=1S/C29H36F2O5/c1-21(2)29(32)36-24-13-11-22(12-14-24)23-17-26(30)28(27(31)18-23)34-16-10-8-6-4-3-5-7-9-15-33-19-25-20-35-25/h11-14,17-18,25H,1,3-10,15-16,19-20H2,2H3. The summed E-state index contributed by atoms with van der Waals surface area (Å²) in [6.45, 7) is 7.74. The van der Waals surface area contributed by atoms with Gasteiger partial charge in [0, 0.05) is 12.2 Å². The Hall–Kier alpha value is -2.77. The van der Waals surface area contributed by atoms with E-state index in [4.69, 9.17) is 18.9 Å². The first kappa shape index (κ1) is 27.8. The van der Waals surface area contributed by atoms with Crippen molar-refractivity contribution in [1.82, 2.24) is 0 Å². The number of ether oxygens (including phenoxy) is 4. The zero-order valence-electron chi connectivity index (χ0n) is 21.0. The fraction of sp³-hybridized carbons (Fsp3) is 0.483. The number of benzene rings is 2. The van der Waals surface area contributed by atoms with Crippen LogP contribution in [0.15, 0.2) is 48.6 Å². The van der Waals surface area contributed by atoms with Gasteiger partial charge in [-0.25, -0.2) is 13.6 Å². The Labute approximate surface area is 212 Å². The van der Waals surface area contributed by atoms with Crippen molar-refractivity contribution in [3.63, 3.8) is 0 Å². The second-order valence-electron chi connectivity index (χ2n) is 9.17. The Bertz CT molecular complexity index is 963. The minimum atomic E-state index is -0.739. The summed E-state index contributed by atoms with van der Waals surface area (Å²) in [5.74, 6) is -2.02. The van der Waals surface area contributed by atoms with Gasteiger partial charge in [-0.15, -0.1) is 0 Å². The van der Waals surface area contributed by atoms with Gasteiger partial charge in [0.1, 0.15) is 11.9 Å². The van der Waals surface area contributed by atoms with Gasteiger partial charge in [0.05, 0.1) is 19.8 Å². The average molecular weight is 503 g/mol. The lowest BCUT2D eigenvalue weighted by Crippen LogP contribution is -2.07. The molecule has 0 bridgehead atoms. The molecule has 5 nitrogen and oxygen atoms in total. The minimum absolute atomic E-state index is 0.276. The molecule has 7 heteroatoms. The van der Waals surface area contributed by atoms with Crippen molar-refractivity contribution in [1.29, 1.82) is 0 Å². The van der Waals surface area contributed by atoms with Crippen LogP contribution in [-0.2, 0) is 14.3 Å². The molecule has 0 N–H and O–H groups in total. The molecule has 0 radical (unpaired) electrons. The van der Waals surface area contributed by atoms with Gasteiger partial charge in [-0.05, 0) is 55.2 Å². The SMILES string of the molecule is C=C(C)C(=O)Oc1ccc(-c2cc(F)c(OCCCCCCCCCCOCC3CO3)c(F)c2)cc1.